The van der Waals surface area contributed by atoms with Crippen LogP contribution in [-0.4, -0.2) is 15.5 Å². The van der Waals surface area contributed by atoms with E-state index in [0.29, 0.717) is 5.39 Å². The first kappa shape index (κ1) is 17.4. The van der Waals surface area contributed by atoms with Crippen molar-refractivity contribution in [1.29, 1.82) is 0 Å². The molecule has 0 saturated heterocycles. The van der Waals surface area contributed by atoms with Gasteiger partial charge in [-0.3, -0.25) is 14.2 Å². The van der Waals surface area contributed by atoms with E-state index < -0.39 is 6.04 Å². The van der Waals surface area contributed by atoms with Crippen LogP contribution < -0.4 is 10.9 Å². The fourth-order valence-electron chi connectivity index (χ4n) is 2.76. The van der Waals surface area contributed by atoms with Crippen LogP contribution in [0, 0.1) is 27.7 Å². The van der Waals surface area contributed by atoms with Crippen molar-refractivity contribution >= 4 is 33.1 Å². The van der Waals surface area contributed by atoms with Gasteiger partial charge in [-0.25, -0.2) is 4.98 Å². The van der Waals surface area contributed by atoms with E-state index in [9.17, 15) is 9.59 Å². The molecule has 0 bridgehead atoms. The molecule has 0 aliphatic heterocycles. The Kier molecular flexibility index (Phi) is 4.47. The van der Waals surface area contributed by atoms with E-state index >= 15 is 0 Å². The van der Waals surface area contributed by atoms with Crippen LogP contribution in [0.2, 0.25) is 0 Å². The standard InChI is InChI=1S/C19H21N3O2S/c1-10-6-7-11(2)15(8-10)21-17(23)13(4)22-9-20-18-16(19(22)24)12(3)14(5)25-18/h6-9,13H,1-5H3,(H,21,23)/t13-/m0/s1. The van der Waals surface area contributed by atoms with E-state index in [2.05, 4.69) is 10.3 Å². The highest BCUT2D eigenvalue weighted by Gasteiger charge is 2.20. The number of nitrogens with zero attached hydrogens (tertiary/aromatic N) is 2. The van der Waals surface area contributed by atoms with Gasteiger partial charge in [0.1, 0.15) is 10.9 Å². The van der Waals surface area contributed by atoms with Gasteiger partial charge in [0.2, 0.25) is 5.91 Å². The van der Waals surface area contributed by atoms with Gasteiger partial charge in [0, 0.05) is 10.6 Å². The van der Waals surface area contributed by atoms with Crippen LogP contribution in [-0.2, 0) is 4.79 Å². The Bertz CT molecular complexity index is 1030. The molecule has 1 N–H and O–H groups in total. The molecular formula is C19H21N3O2S. The molecule has 6 heteroatoms. The third kappa shape index (κ3) is 3.09. The third-order valence-corrected chi connectivity index (χ3v) is 5.68. The van der Waals surface area contributed by atoms with Crippen LogP contribution in [0.25, 0.3) is 10.2 Å². The van der Waals surface area contributed by atoms with E-state index in [4.69, 9.17) is 0 Å². The third-order valence-electron chi connectivity index (χ3n) is 4.56. The normalized spacial score (nSPS) is 12.4. The van der Waals surface area contributed by atoms with Crippen molar-refractivity contribution in [2.45, 2.75) is 40.7 Å². The van der Waals surface area contributed by atoms with Gasteiger partial charge < -0.3 is 5.32 Å². The largest absolute Gasteiger partial charge is 0.324 e. The van der Waals surface area contributed by atoms with Gasteiger partial charge in [-0.1, -0.05) is 12.1 Å². The molecule has 0 radical (unpaired) electrons. The lowest BCUT2D eigenvalue weighted by Gasteiger charge is -2.16. The van der Waals surface area contributed by atoms with Gasteiger partial charge in [-0.05, 0) is 57.4 Å². The molecule has 0 fully saturated rings. The predicted octanol–water partition coefficient (Wildman–Crippen LogP) is 3.89. The zero-order chi connectivity index (χ0) is 18.3. The van der Waals surface area contributed by atoms with Crippen LogP contribution in [0.1, 0.15) is 34.5 Å². The summed E-state index contributed by atoms with van der Waals surface area (Å²) in [6, 6.07) is 5.24. The first-order valence-corrected chi connectivity index (χ1v) is 8.96. The number of thiophene rings is 1. The number of hydrogen-bond acceptors (Lipinski definition) is 4. The maximum absolute atomic E-state index is 12.8. The molecule has 3 rings (SSSR count). The minimum Gasteiger partial charge on any atom is -0.324 e. The summed E-state index contributed by atoms with van der Waals surface area (Å²) in [4.78, 5) is 31.7. The fourth-order valence-corrected chi connectivity index (χ4v) is 3.75. The Morgan fingerprint density at radius 1 is 1.24 bits per heavy atom. The fraction of sp³-hybridized carbons (Fsp3) is 0.316. The van der Waals surface area contributed by atoms with Gasteiger partial charge in [0.05, 0.1) is 11.7 Å². The molecule has 1 amide bonds. The Morgan fingerprint density at radius 3 is 2.68 bits per heavy atom. The molecular weight excluding hydrogens is 334 g/mol. The summed E-state index contributed by atoms with van der Waals surface area (Å²) < 4.78 is 1.40. The molecule has 0 unspecified atom stereocenters. The van der Waals surface area contributed by atoms with E-state index in [1.165, 1.54) is 22.2 Å². The highest BCUT2D eigenvalue weighted by molar-refractivity contribution is 7.18. The zero-order valence-corrected chi connectivity index (χ0v) is 15.8. The lowest BCUT2D eigenvalue weighted by molar-refractivity contribution is -0.118. The van der Waals surface area contributed by atoms with Crippen molar-refractivity contribution in [2.75, 3.05) is 5.32 Å². The average molecular weight is 355 g/mol. The monoisotopic (exact) mass is 355 g/mol. The molecule has 2 heterocycles. The number of amides is 1. The van der Waals surface area contributed by atoms with Gasteiger partial charge in [-0.2, -0.15) is 0 Å². The summed E-state index contributed by atoms with van der Waals surface area (Å²) in [6.45, 7) is 9.52. The molecule has 3 aromatic rings. The molecule has 0 saturated carbocycles. The second-order valence-corrected chi connectivity index (χ2v) is 7.61. The number of aryl methyl sites for hydroxylation is 4. The molecule has 0 spiro atoms. The van der Waals surface area contributed by atoms with E-state index in [1.807, 2.05) is 45.9 Å². The SMILES string of the molecule is Cc1ccc(C)c(NC(=O)[C@H](C)n2cnc3sc(C)c(C)c3c2=O)c1. The first-order valence-electron chi connectivity index (χ1n) is 8.14. The summed E-state index contributed by atoms with van der Waals surface area (Å²) in [7, 11) is 0. The van der Waals surface area contributed by atoms with Gasteiger partial charge >= 0.3 is 0 Å². The predicted molar refractivity (Wildman–Crippen MR) is 103 cm³/mol. The van der Waals surface area contributed by atoms with Gasteiger partial charge in [0.25, 0.3) is 5.56 Å². The first-order chi connectivity index (χ1) is 11.8. The summed E-state index contributed by atoms with van der Waals surface area (Å²) in [6.07, 6.45) is 1.47. The summed E-state index contributed by atoms with van der Waals surface area (Å²) in [5.74, 6) is -0.235. The number of hydrogen-bond donors (Lipinski definition) is 1. The van der Waals surface area contributed by atoms with Crippen LogP contribution in [0.3, 0.4) is 0 Å². The molecule has 25 heavy (non-hydrogen) atoms. The summed E-state index contributed by atoms with van der Waals surface area (Å²) >= 11 is 1.50. The Balaban J connectivity index is 1.96. The van der Waals surface area contributed by atoms with Gasteiger partial charge in [-0.15, -0.1) is 11.3 Å². The highest BCUT2D eigenvalue weighted by atomic mass is 32.1. The summed E-state index contributed by atoms with van der Waals surface area (Å²) in [5, 5.41) is 3.53. The second kappa shape index (κ2) is 6.44. The minimum absolute atomic E-state index is 0.171. The maximum Gasteiger partial charge on any atom is 0.263 e. The molecule has 1 aromatic carbocycles. The molecule has 0 aliphatic carbocycles. The lowest BCUT2D eigenvalue weighted by Crippen LogP contribution is -2.32. The van der Waals surface area contributed by atoms with Gasteiger partial charge in [0.15, 0.2) is 0 Å². The topological polar surface area (TPSA) is 64.0 Å². The number of benzene rings is 1. The van der Waals surface area contributed by atoms with Crippen molar-refractivity contribution in [3.05, 3.63) is 56.4 Å². The quantitative estimate of drug-likeness (QED) is 0.775. The Hall–Kier alpha value is -2.47. The van der Waals surface area contributed by atoms with Crippen LogP contribution in [0.4, 0.5) is 5.69 Å². The number of anilines is 1. The van der Waals surface area contributed by atoms with E-state index in [1.54, 1.807) is 6.92 Å². The van der Waals surface area contributed by atoms with Crippen molar-refractivity contribution < 1.29 is 4.79 Å². The van der Waals surface area contributed by atoms with E-state index in [-0.39, 0.29) is 11.5 Å². The van der Waals surface area contributed by atoms with Crippen molar-refractivity contribution in [3.63, 3.8) is 0 Å². The Labute approximate surface area is 150 Å². The average Bonchev–Trinajstić information content (AvgIpc) is 2.86. The van der Waals surface area contributed by atoms with Crippen molar-refractivity contribution in [3.8, 4) is 0 Å². The molecule has 2 aromatic heterocycles. The van der Waals surface area contributed by atoms with Crippen molar-refractivity contribution in [1.82, 2.24) is 9.55 Å². The number of carbonyl (C=O) groups is 1. The molecule has 130 valence electrons. The number of carbonyl (C=O) groups excluding carboxylic acids is 1. The maximum atomic E-state index is 12.8. The van der Waals surface area contributed by atoms with E-state index in [0.717, 1.165) is 32.1 Å². The highest BCUT2D eigenvalue weighted by Crippen LogP contribution is 2.26. The summed E-state index contributed by atoms with van der Waals surface area (Å²) in [5.41, 5.74) is 3.58. The number of rotatable bonds is 3. The molecule has 5 nitrogen and oxygen atoms in total. The minimum atomic E-state index is -0.649. The number of fused-ring (bicyclic) bond motifs is 1. The number of aromatic nitrogens is 2. The lowest BCUT2D eigenvalue weighted by atomic mass is 10.1. The zero-order valence-electron chi connectivity index (χ0n) is 15.0. The van der Waals surface area contributed by atoms with Crippen LogP contribution in [0.15, 0.2) is 29.3 Å². The van der Waals surface area contributed by atoms with Crippen LogP contribution >= 0.6 is 11.3 Å². The van der Waals surface area contributed by atoms with Crippen LogP contribution in [0.5, 0.6) is 0 Å². The molecule has 0 aliphatic rings. The smallest absolute Gasteiger partial charge is 0.263 e. The second-order valence-electron chi connectivity index (χ2n) is 6.40. The number of nitrogens with one attached hydrogen (secondary N) is 1. The van der Waals surface area contributed by atoms with Crippen molar-refractivity contribution in [2.24, 2.45) is 0 Å². The Morgan fingerprint density at radius 2 is 1.96 bits per heavy atom. The molecule has 1 atom stereocenters.